The van der Waals surface area contributed by atoms with Crippen molar-refractivity contribution in [3.05, 3.63) is 130 Å². The summed E-state index contributed by atoms with van der Waals surface area (Å²) in [5, 5.41) is 11.6. The zero-order valence-corrected chi connectivity index (χ0v) is 29.8. The molecule has 53 heavy (non-hydrogen) atoms. The molecule has 1 amide bonds. The fourth-order valence-corrected chi connectivity index (χ4v) is 7.20. The van der Waals surface area contributed by atoms with Crippen LogP contribution in [0.15, 0.2) is 97.1 Å². The topological polar surface area (TPSA) is 163 Å². The maximum Gasteiger partial charge on any atom is 0.345 e. The van der Waals surface area contributed by atoms with Gasteiger partial charge in [-0.05, 0) is 59.4 Å². The first-order chi connectivity index (χ1) is 25.5. The number of nitrogens with one attached hydrogen (secondary N) is 1. The van der Waals surface area contributed by atoms with Crippen LogP contribution in [-0.4, -0.2) is 65.4 Å². The minimum atomic E-state index is -1.06. The van der Waals surface area contributed by atoms with Crippen LogP contribution >= 0.6 is 0 Å². The van der Waals surface area contributed by atoms with Crippen LogP contribution in [0.2, 0.25) is 0 Å². The van der Waals surface area contributed by atoms with E-state index in [1.54, 1.807) is 19.9 Å². The first kappa shape index (κ1) is 37.1. The molecule has 0 fully saturated rings. The lowest BCUT2D eigenvalue weighted by Gasteiger charge is -2.29. The molecular formula is C42H44N2O9. The molecule has 11 heteroatoms. The van der Waals surface area contributed by atoms with E-state index in [1.165, 1.54) is 0 Å². The van der Waals surface area contributed by atoms with Gasteiger partial charge in [0, 0.05) is 38.5 Å². The highest BCUT2D eigenvalue weighted by molar-refractivity contribution is 5.92. The van der Waals surface area contributed by atoms with Gasteiger partial charge in [0.05, 0.1) is 13.2 Å². The minimum absolute atomic E-state index is 0.276. The second-order valence-corrected chi connectivity index (χ2v) is 13.6. The van der Waals surface area contributed by atoms with Crippen molar-refractivity contribution in [1.82, 2.24) is 5.32 Å². The Hall–Kier alpha value is -5.68. The molecule has 2 unspecified atom stereocenters. The lowest BCUT2D eigenvalue weighted by molar-refractivity contribution is -0.153. The van der Waals surface area contributed by atoms with Crippen molar-refractivity contribution >= 4 is 23.8 Å². The van der Waals surface area contributed by atoms with E-state index in [1.807, 2.05) is 91.0 Å². The molecule has 0 aromatic heterocycles. The van der Waals surface area contributed by atoms with E-state index in [0.717, 1.165) is 39.1 Å². The SMILES string of the molecule is CCOC(=O)C1(N)Cc2ccccc2C1.CCOC(=O)C1(NC(=O)C2Cc3ccccc3O2)Cc2ccccc2C1.O=C(O)C1Cc2ccccc2O1. The first-order valence-corrected chi connectivity index (χ1v) is 17.8. The highest BCUT2D eigenvalue weighted by Gasteiger charge is 2.48. The van der Waals surface area contributed by atoms with Crippen molar-refractivity contribution in [2.24, 2.45) is 5.73 Å². The number of fused-ring (bicyclic) bond motifs is 4. The molecule has 276 valence electrons. The molecule has 11 nitrogen and oxygen atoms in total. The molecule has 0 bridgehead atoms. The zero-order chi connectivity index (χ0) is 37.6. The number of carbonyl (C=O) groups excluding carboxylic acids is 3. The predicted octanol–water partition coefficient (Wildman–Crippen LogP) is 4.33. The number of esters is 2. The highest BCUT2D eigenvalue weighted by atomic mass is 16.5. The molecule has 0 spiro atoms. The molecule has 8 rings (SSSR count). The van der Waals surface area contributed by atoms with Crippen LogP contribution < -0.4 is 20.5 Å². The van der Waals surface area contributed by atoms with Crippen LogP contribution in [0.1, 0.15) is 47.2 Å². The van der Waals surface area contributed by atoms with Crippen molar-refractivity contribution < 1.29 is 43.2 Å². The number of benzene rings is 4. The number of carboxylic acid groups (broad SMARTS) is 1. The van der Waals surface area contributed by atoms with E-state index >= 15 is 0 Å². The smallest absolute Gasteiger partial charge is 0.345 e. The van der Waals surface area contributed by atoms with Crippen LogP contribution in [-0.2, 0) is 67.2 Å². The molecular weight excluding hydrogens is 676 g/mol. The summed E-state index contributed by atoms with van der Waals surface area (Å²) in [7, 11) is 0. The van der Waals surface area contributed by atoms with Crippen molar-refractivity contribution in [3.63, 3.8) is 0 Å². The van der Waals surface area contributed by atoms with Gasteiger partial charge >= 0.3 is 17.9 Å². The normalized spacial score (nSPS) is 18.8. The zero-order valence-electron chi connectivity index (χ0n) is 29.8. The summed E-state index contributed by atoms with van der Waals surface area (Å²) in [6.45, 7) is 4.22. The third kappa shape index (κ3) is 8.20. The summed E-state index contributed by atoms with van der Waals surface area (Å²) in [4.78, 5) is 47.9. The first-order valence-electron chi connectivity index (χ1n) is 17.8. The van der Waals surface area contributed by atoms with Gasteiger partial charge in [-0.1, -0.05) is 84.9 Å². The van der Waals surface area contributed by atoms with Crippen LogP contribution in [0.4, 0.5) is 0 Å². The number of amides is 1. The maximum atomic E-state index is 12.9. The Labute approximate surface area is 308 Å². The van der Waals surface area contributed by atoms with E-state index in [-0.39, 0.29) is 24.5 Å². The van der Waals surface area contributed by atoms with Gasteiger partial charge in [0.2, 0.25) is 0 Å². The number of nitrogens with two attached hydrogens (primary N) is 1. The Balaban J connectivity index is 0.000000150. The minimum Gasteiger partial charge on any atom is -0.480 e. The Kier molecular flexibility index (Phi) is 11.1. The number of carboxylic acids is 1. The van der Waals surface area contributed by atoms with Crippen LogP contribution in [0.25, 0.3) is 0 Å². The Morgan fingerprint density at radius 3 is 1.49 bits per heavy atom. The summed E-state index contributed by atoms with van der Waals surface area (Å²) in [5.74, 6) is -0.424. The van der Waals surface area contributed by atoms with Gasteiger partial charge in [-0.2, -0.15) is 0 Å². The molecule has 2 aliphatic heterocycles. The molecule has 0 saturated carbocycles. The van der Waals surface area contributed by atoms with E-state index in [0.29, 0.717) is 50.9 Å². The molecule has 2 atom stereocenters. The number of carbonyl (C=O) groups is 4. The number of ether oxygens (including phenoxy) is 4. The average Bonchev–Trinajstić information content (AvgIpc) is 3.94. The quantitative estimate of drug-likeness (QED) is 0.234. The summed E-state index contributed by atoms with van der Waals surface area (Å²) < 4.78 is 21.2. The molecule has 0 saturated heterocycles. The number of rotatable bonds is 7. The maximum absolute atomic E-state index is 12.9. The van der Waals surface area contributed by atoms with Gasteiger partial charge < -0.3 is 35.1 Å². The summed E-state index contributed by atoms with van der Waals surface area (Å²) in [5.41, 5.74) is 10.6. The lowest BCUT2D eigenvalue weighted by atomic mass is 9.95. The van der Waals surface area contributed by atoms with Crippen LogP contribution in [0.3, 0.4) is 0 Å². The largest absolute Gasteiger partial charge is 0.480 e. The molecule has 0 radical (unpaired) electrons. The Bertz CT molecular complexity index is 1890. The van der Waals surface area contributed by atoms with Gasteiger partial charge in [-0.25, -0.2) is 9.59 Å². The van der Waals surface area contributed by atoms with Crippen molar-refractivity contribution in [2.75, 3.05) is 13.2 Å². The lowest BCUT2D eigenvalue weighted by Crippen LogP contribution is -2.59. The monoisotopic (exact) mass is 720 g/mol. The number of para-hydroxylation sites is 2. The number of hydrogen-bond acceptors (Lipinski definition) is 9. The third-order valence-electron chi connectivity index (χ3n) is 9.81. The molecule has 2 aliphatic carbocycles. The average molecular weight is 721 g/mol. The second-order valence-electron chi connectivity index (χ2n) is 13.6. The summed E-state index contributed by atoms with van der Waals surface area (Å²) in [6.07, 6.45) is 1.72. The van der Waals surface area contributed by atoms with Gasteiger partial charge in [0.25, 0.3) is 5.91 Å². The highest BCUT2D eigenvalue weighted by Crippen LogP contribution is 2.34. The van der Waals surface area contributed by atoms with E-state index < -0.39 is 29.3 Å². The van der Waals surface area contributed by atoms with Crippen molar-refractivity contribution in [1.29, 1.82) is 0 Å². The van der Waals surface area contributed by atoms with Crippen LogP contribution in [0, 0.1) is 0 Å². The van der Waals surface area contributed by atoms with Crippen molar-refractivity contribution in [3.8, 4) is 11.5 Å². The molecule has 2 heterocycles. The Morgan fingerprint density at radius 1 is 0.642 bits per heavy atom. The van der Waals surface area contributed by atoms with Gasteiger partial charge in [0.15, 0.2) is 12.2 Å². The third-order valence-corrected chi connectivity index (χ3v) is 9.81. The van der Waals surface area contributed by atoms with Gasteiger partial charge in [-0.3, -0.25) is 9.59 Å². The van der Waals surface area contributed by atoms with E-state index in [4.69, 9.17) is 29.8 Å². The van der Waals surface area contributed by atoms with E-state index in [9.17, 15) is 19.2 Å². The molecule has 4 aliphatic rings. The Morgan fingerprint density at radius 2 is 1.04 bits per heavy atom. The molecule has 4 aromatic rings. The predicted molar refractivity (Wildman–Crippen MR) is 196 cm³/mol. The van der Waals surface area contributed by atoms with Gasteiger partial charge in [-0.15, -0.1) is 0 Å². The van der Waals surface area contributed by atoms with Crippen molar-refractivity contribution in [2.45, 2.75) is 75.7 Å². The van der Waals surface area contributed by atoms with E-state index in [2.05, 4.69) is 5.32 Å². The van der Waals surface area contributed by atoms with Gasteiger partial charge in [0.1, 0.15) is 22.6 Å². The fourth-order valence-electron chi connectivity index (χ4n) is 7.20. The standard InChI is InChI=1S/C21H21NO4.C12H15NO2.C9H8O3/c1-2-25-20(24)21(12-15-8-3-4-9-16(15)13-21)22-19(23)18-11-14-7-5-6-10-17(14)26-18;1-2-15-11(14)12(13)7-9-5-3-4-6-10(9)8-12;10-9(11)8-5-6-3-1-2-4-7(6)12-8/h3-10,18H,2,11-13H2,1H3,(H,22,23);3-6H,2,7-8,13H2,1H3;1-4,8H,5H2,(H,10,11). The number of hydrogen-bond donors (Lipinski definition) is 3. The molecule has 4 aromatic carbocycles. The molecule has 4 N–H and O–H groups in total. The van der Waals surface area contributed by atoms with Crippen LogP contribution in [0.5, 0.6) is 11.5 Å². The summed E-state index contributed by atoms with van der Waals surface area (Å²) in [6, 6.07) is 30.9. The second kappa shape index (κ2) is 15.9. The number of aliphatic carboxylic acids is 1. The summed E-state index contributed by atoms with van der Waals surface area (Å²) >= 11 is 0. The fraction of sp³-hybridized carbons (Fsp3) is 0.333.